The number of carbonyl (C=O) groups excluding carboxylic acids is 3. The van der Waals surface area contributed by atoms with Gasteiger partial charge in [0.1, 0.15) is 0 Å². The third-order valence-electron chi connectivity index (χ3n) is 4.69. The van der Waals surface area contributed by atoms with E-state index >= 15 is 0 Å². The van der Waals surface area contributed by atoms with E-state index in [4.69, 9.17) is 9.47 Å². The van der Waals surface area contributed by atoms with Crippen LogP contribution in [0.2, 0.25) is 0 Å². The lowest BCUT2D eigenvalue weighted by Gasteiger charge is -2.20. The molecule has 2 atom stereocenters. The summed E-state index contributed by atoms with van der Waals surface area (Å²) in [7, 11) is 0. The Kier molecular flexibility index (Phi) is 5.89. The van der Waals surface area contributed by atoms with Gasteiger partial charge in [0.05, 0.1) is 18.1 Å². The molecule has 0 radical (unpaired) electrons. The van der Waals surface area contributed by atoms with Crippen molar-refractivity contribution in [2.24, 2.45) is 23.2 Å². The van der Waals surface area contributed by atoms with Gasteiger partial charge in [-0.2, -0.15) is 0 Å². The second-order valence-corrected chi connectivity index (χ2v) is 7.75. The fourth-order valence-electron chi connectivity index (χ4n) is 3.71. The molecule has 0 heterocycles. The van der Waals surface area contributed by atoms with Gasteiger partial charge in [0, 0.05) is 11.5 Å². The Labute approximate surface area is 155 Å². The summed E-state index contributed by atoms with van der Waals surface area (Å²) in [6.07, 6.45) is -0.765. The van der Waals surface area contributed by atoms with Crippen LogP contribution < -0.4 is 0 Å². The Balaban J connectivity index is 2.48. The Morgan fingerprint density at radius 1 is 0.846 bits per heavy atom. The highest BCUT2D eigenvalue weighted by Crippen LogP contribution is 2.65. The topological polar surface area (TPSA) is 69.7 Å². The van der Waals surface area contributed by atoms with Crippen LogP contribution in [0.5, 0.6) is 0 Å². The van der Waals surface area contributed by atoms with E-state index < -0.39 is 29.2 Å². The summed E-state index contributed by atoms with van der Waals surface area (Å²) < 4.78 is 10.8. The van der Waals surface area contributed by atoms with Crippen molar-refractivity contribution in [1.29, 1.82) is 0 Å². The van der Waals surface area contributed by atoms with Crippen molar-refractivity contribution >= 4 is 17.7 Å². The van der Waals surface area contributed by atoms with Crippen molar-refractivity contribution in [2.45, 2.75) is 53.8 Å². The molecule has 0 aliphatic heterocycles. The van der Waals surface area contributed by atoms with Crippen molar-refractivity contribution in [2.75, 3.05) is 0 Å². The molecule has 1 aromatic carbocycles. The van der Waals surface area contributed by atoms with Crippen molar-refractivity contribution in [3.63, 3.8) is 0 Å². The van der Waals surface area contributed by atoms with Gasteiger partial charge in [-0.05, 0) is 33.6 Å². The van der Waals surface area contributed by atoms with Crippen LogP contribution in [0.4, 0.5) is 0 Å². The molecule has 0 amide bonds. The standard InChI is InChI=1S/C21H28O5/c1-12(2)16-17(18(22)15-10-8-7-9-11-15)21(16,19(23)25-13(3)4)20(24)26-14(5)6/h7-14,16-17H,1-6H3/t16-,17-/m0/s1. The first-order valence-corrected chi connectivity index (χ1v) is 9.15. The first kappa shape index (κ1) is 20.1. The molecule has 0 aromatic heterocycles. The van der Waals surface area contributed by atoms with Gasteiger partial charge in [-0.25, -0.2) is 0 Å². The molecule has 1 aromatic rings. The summed E-state index contributed by atoms with van der Waals surface area (Å²) in [5, 5.41) is 0. The van der Waals surface area contributed by atoms with E-state index in [9.17, 15) is 14.4 Å². The average Bonchev–Trinajstić information content (AvgIpc) is 3.25. The quantitative estimate of drug-likeness (QED) is 0.422. The molecule has 0 bridgehead atoms. The van der Waals surface area contributed by atoms with E-state index in [-0.39, 0.29) is 23.9 Å². The van der Waals surface area contributed by atoms with Crippen LogP contribution in [0.1, 0.15) is 51.9 Å². The van der Waals surface area contributed by atoms with E-state index in [2.05, 4.69) is 0 Å². The molecule has 5 heteroatoms. The normalized spacial score (nSPS) is 21.0. The van der Waals surface area contributed by atoms with E-state index in [0.717, 1.165) is 0 Å². The smallest absolute Gasteiger partial charge is 0.324 e. The lowest BCUT2D eigenvalue weighted by atomic mass is 9.96. The van der Waals surface area contributed by atoms with Gasteiger partial charge < -0.3 is 9.47 Å². The summed E-state index contributed by atoms with van der Waals surface area (Å²) >= 11 is 0. The molecule has 26 heavy (non-hydrogen) atoms. The third kappa shape index (κ3) is 3.53. The number of hydrogen-bond donors (Lipinski definition) is 0. The van der Waals surface area contributed by atoms with Crippen molar-refractivity contribution < 1.29 is 23.9 Å². The monoisotopic (exact) mass is 360 g/mol. The number of esters is 2. The van der Waals surface area contributed by atoms with Crippen LogP contribution in [0.15, 0.2) is 30.3 Å². The second-order valence-electron chi connectivity index (χ2n) is 7.75. The zero-order valence-corrected chi connectivity index (χ0v) is 16.3. The molecule has 1 aliphatic carbocycles. The molecule has 142 valence electrons. The predicted octanol–water partition coefficient (Wildman–Crippen LogP) is 3.66. The highest BCUT2D eigenvalue weighted by Gasteiger charge is 2.79. The highest BCUT2D eigenvalue weighted by atomic mass is 16.6. The number of hydrogen-bond acceptors (Lipinski definition) is 5. The fourth-order valence-corrected chi connectivity index (χ4v) is 3.71. The average molecular weight is 360 g/mol. The molecule has 0 saturated heterocycles. The minimum Gasteiger partial charge on any atom is -0.462 e. The summed E-state index contributed by atoms with van der Waals surface area (Å²) in [6, 6.07) is 8.74. The van der Waals surface area contributed by atoms with Crippen LogP contribution in [0.3, 0.4) is 0 Å². The molecular weight excluding hydrogens is 332 g/mol. The van der Waals surface area contributed by atoms with E-state index in [1.54, 1.807) is 52.0 Å². The molecule has 5 nitrogen and oxygen atoms in total. The number of rotatable bonds is 7. The van der Waals surface area contributed by atoms with Crippen molar-refractivity contribution in [3.8, 4) is 0 Å². The Morgan fingerprint density at radius 3 is 1.69 bits per heavy atom. The predicted molar refractivity (Wildman–Crippen MR) is 97.5 cm³/mol. The minimum absolute atomic E-state index is 0.0490. The second kappa shape index (κ2) is 7.60. The number of ketones is 1. The van der Waals surface area contributed by atoms with E-state index in [1.807, 2.05) is 19.9 Å². The summed E-state index contributed by atoms with van der Waals surface area (Å²) in [5.41, 5.74) is -1.07. The van der Waals surface area contributed by atoms with E-state index in [1.165, 1.54) is 0 Å². The van der Waals surface area contributed by atoms with Crippen LogP contribution in [0, 0.1) is 23.2 Å². The number of Topliss-reactive ketones (excluding diaryl/α,β-unsaturated/α-hetero) is 1. The maximum absolute atomic E-state index is 13.1. The molecule has 0 unspecified atom stereocenters. The molecule has 1 aliphatic rings. The Morgan fingerprint density at radius 2 is 1.31 bits per heavy atom. The number of ether oxygens (including phenoxy) is 2. The van der Waals surface area contributed by atoms with Gasteiger partial charge >= 0.3 is 11.9 Å². The van der Waals surface area contributed by atoms with Gasteiger partial charge in [0.25, 0.3) is 0 Å². The molecule has 1 saturated carbocycles. The van der Waals surface area contributed by atoms with Crippen LogP contribution in [0.25, 0.3) is 0 Å². The van der Waals surface area contributed by atoms with Gasteiger partial charge in [-0.15, -0.1) is 0 Å². The van der Waals surface area contributed by atoms with E-state index in [0.29, 0.717) is 5.56 Å². The molecule has 0 N–H and O–H groups in total. The Hall–Kier alpha value is -2.17. The molecule has 1 fully saturated rings. The van der Waals surface area contributed by atoms with Gasteiger partial charge in [-0.3, -0.25) is 14.4 Å². The summed E-state index contributed by atoms with van der Waals surface area (Å²) in [6.45, 7) is 10.7. The summed E-state index contributed by atoms with van der Waals surface area (Å²) in [5.74, 6) is -2.79. The largest absolute Gasteiger partial charge is 0.462 e. The first-order valence-electron chi connectivity index (χ1n) is 9.15. The lowest BCUT2D eigenvalue weighted by molar-refractivity contribution is -0.170. The van der Waals surface area contributed by atoms with Gasteiger partial charge in [0.2, 0.25) is 0 Å². The molecular formula is C21H28O5. The van der Waals surface area contributed by atoms with Crippen LogP contribution in [-0.4, -0.2) is 29.9 Å². The van der Waals surface area contributed by atoms with Gasteiger partial charge in [0.15, 0.2) is 11.2 Å². The zero-order chi connectivity index (χ0) is 19.6. The Bertz CT molecular complexity index is 653. The first-order chi connectivity index (χ1) is 12.1. The minimum atomic E-state index is -1.56. The number of carbonyl (C=O) groups is 3. The summed E-state index contributed by atoms with van der Waals surface area (Å²) in [4.78, 5) is 39.0. The molecule has 2 rings (SSSR count). The van der Waals surface area contributed by atoms with Crippen LogP contribution in [-0.2, 0) is 19.1 Å². The number of benzene rings is 1. The SMILES string of the molecule is CC(C)OC(=O)C1(C(=O)OC(C)C)[C@H](C(=O)c2ccccc2)[C@@H]1C(C)C. The van der Waals surface area contributed by atoms with Gasteiger partial charge in [-0.1, -0.05) is 44.2 Å². The fraction of sp³-hybridized carbons (Fsp3) is 0.571. The third-order valence-corrected chi connectivity index (χ3v) is 4.69. The van der Waals surface area contributed by atoms with Crippen molar-refractivity contribution in [1.82, 2.24) is 0 Å². The maximum atomic E-state index is 13.1. The highest BCUT2D eigenvalue weighted by molar-refractivity contribution is 6.14. The lowest BCUT2D eigenvalue weighted by Crippen LogP contribution is -2.37. The van der Waals surface area contributed by atoms with Crippen LogP contribution >= 0.6 is 0 Å². The van der Waals surface area contributed by atoms with Crippen molar-refractivity contribution in [3.05, 3.63) is 35.9 Å². The zero-order valence-electron chi connectivity index (χ0n) is 16.3. The molecule has 0 spiro atoms. The maximum Gasteiger partial charge on any atom is 0.324 e.